The van der Waals surface area contributed by atoms with E-state index in [-0.39, 0.29) is 35.5 Å². The predicted molar refractivity (Wildman–Crippen MR) is 257 cm³/mol. The first kappa shape index (κ1) is 26.1. The van der Waals surface area contributed by atoms with Crippen LogP contribution in [0.5, 0.6) is 0 Å². The summed E-state index contributed by atoms with van der Waals surface area (Å²) in [5.74, 6) is 0. The van der Waals surface area contributed by atoms with Gasteiger partial charge in [0.1, 0.15) is 0 Å². The van der Waals surface area contributed by atoms with E-state index >= 15 is 0 Å². The molecule has 0 spiro atoms. The van der Waals surface area contributed by atoms with Crippen molar-refractivity contribution in [3.8, 4) is 22.3 Å². The first-order chi connectivity index (χ1) is 33.9. The highest BCUT2D eigenvalue weighted by molar-refractivity contribution is 6.26. The van der Waals surface area contributed by atoms with Crippen LogP contribution in [0.2, 0.25) is 0 Å². The Balaban J connectivity index is 1.32. The highest BCUT2D eigenvalue weighted by atomic mass is 15.1. The lowest BCUT2D eigenvalue weighted by Crippen LogP contribution is -2.10. The molecule has 0 saturated carbocycles. The van der Waals surface area contributed by atoms with E-state index in [2.05, 4.69) is 48.5 Å². The van der Waals surface area contributed by atoms with E-state index in [1.807, 2.05) is 133 Å². The second kappa shape index (κ2) is 15.1. The smallest absolute Gasteiger partial charge is 0.0645 e. The minimum absolute atomic E-state index is 0.0108. The summed E-state index contributed by atoms with van der Waals surface area (Å²) in [7, 11) is 0. The Morgan fingerprint density at radius 3 is 1.08 bits per heavy atom. The van der Waals surface area contributed by atoms with Crippen LogP contribution in [-0.2, 0) is 0 Å². The molecule has 0 fully saturated rings. The third-order valence-electron chi connectivity index (χ3n) is 11.2. The Morgan fingerprint density at radius 1 is 0.267 bits per heavy atom. The Hall–Kier alpha value is -7.94. The summed E-state index contributed by atoms with van der Waals surface area (Å²) in [5.41, 5.74) is 5.97. The molecule has 0 aliphatic carbocycles. The number of hydrogen-bond acceptors (Lipinski definition) is 2. The fraction of sp³-hybridized carbons (Fsp3) is 0. The molecule has 11 rings (SSSR count). The van der Waals surface area contributed by atoms with Crippen molar-refractivity contribution in [3.05, 3.63) is 242 Å². The molecule has 0 bridgehead atoms. The fourth-order valence-electron chi connectivity index (χ4n) is 8.63. The van der Waals surface area contributed by atoms with Gasteiger partial charge < -0.3 is 9.80 Å². The molecule has 0 amide bonds. The molecular formula is C58H40N2. The summed E-state index contributed by atoms with van der Waals surface area (Å²) in [5, 5.41) is 7.41. The molecule has 0 saturated heterocycles. The first-order valence-electron chi connectivity index (χ1n) is 24.8. The van der Waals surface area contributed by atoms with Crippen LogP contribution in [0.4, 0.5) is 34.1 Å². The van der Waals surface area contributed by atoms with Crippen LogP contribution in [0, 0.1) is 0 Å². The third-order valence-corrected chi connectivity index (χ3v) is 11.2. The minimum atomic E-state index is -0.480. The van der Waals surface area contributed by atoms with Crippen LogP contribution in [-0.4, -0.2) is 0 Å². The van der Waals surface area contributed by atoms with Crippen LogP contribution in [0.3, 0.4) is 0 Å². The second-order valence-electron chi connectivity index (χ2n) is 14.6. The van der Waals surface area contributed by atoms with Crippen molar-refractivity contribution >= 4 is 77.2 Å². The van der Waals surface area contributed by atoms with Gasteiger partial charge in [-0.2, -0.15) is 0 Å². The van der Waals surface area contributed by atoms with E-state index < -0.39 is 36.3 Å². The molecule has 0 heterocycles. The van der Waals surface area contributed by atoms with Crippen LogP contribution >= 0.6 is 0 Å². The quantitative estimate of drug-likeness (QED) is 0.142. The van der Waals surface area contributed by atoms with Crippen molar-refractivity contribution in [1.82, 2.24) is 0 Å². The maximum atomic E-state index is 9.19. The normalized spacial score (nSPS) is 13.7. The van der Waals surface area contributed by atoms with Crippen molar-refractivity contribution in [1.29, 1.82) is 0 Å². The molecule has 0 unspecified atom stereocenters. The summed E-state index contributed by atoms with van der Waals surface area (Å²) >= 11 is 0. The standard InChI is InChI=1S/C58H40N2/c1-5-23-43(24-6-1)59(44-25-7-2-8-26-44)47-35-37-53-55(39-47)57(51-33-17-21-41-19-13-15-31-49(41)51)54-38-36-48(60(45-27-9-3-10-28-45)46-29-11-4-12-30-46)40-56(54)58(53)52-34-18-22-42-20-14-16-32-50(42)52/h1-40H/i1D,3D,5D,6D,9D,10D,23D,24D,27D,28D. The van der Waals surface area contributed by atoms with Crippen molar-refractivity contribution < 1.29 is 13.7 Å². The number of fused-ring (bicyclic) bond motifs is 4. The van der Waals surface area contributed by atoms with Crippen LogP contribution in [0.15, 0.2) is 242 Å². The number of para-hydroxylation sites is 4. The summed E-state index contributed by atoms with van der Waals surface area (Å²) < 4.78 is 88.5. The number of hydrogen-bond donors (Lipinski definition) is 0. The number of anilines is 6. The summed E-state index contributed by atoms with van der Waals surface area (Å²) in [6.07, 6.45) is 0. The van der Waals surface area contributed by atoms with Crippen LogP contribution in [0.25, 0.3) is 65.3 Å². The Labute approximate surface area is 364 Å². The average Bonchev–Trinajstić information content (AvgIpc) is 3.40. The van der Waals surface area contributed by atoms with Crippen molar-refractivity contribution in [3.63, 3.8) is 0 Å². The Morgan fingerprint density at radius 2 is 0.650 bits per heavy atom. The maximum Gasteiger partial charge on any atom is 0.0645 e. The molecule has 0 atom stereocenters. The van der Waals surface area contributed by atoms with Gasteiger partial charge >= 0.3 is 0 Å². The fourth-order valence-corrected chi connectivity index (χ4v) is 8.63. The van der Waals surface area contributed by atoms with Crippen molar-refractivity contribution in [2.24, 2.45) is 0 Å². The highest BCUT2D eigenvalue weighted by Gasteiger charge is 2.23. The third kappa shape index (κ3) is 6.14. The topological polar surface area (TPSA) is 6.48 Å². The molecule has 60 heavy (non-hydrogen) atoms. The molecule has 11 aromatic rings. The predicted octanol–water partition coefficient (Wildman–Crippen LogP) is 16.6. The number of rotatable bonds is 8. The van der Waals surface area contributed by atoms with Gasteiger partial charge in [0.05, 0.1) is 13.7 Å². The van der Waals surface area contributed by atoms with Crippen molar-refractivity contribution in [2.45, 2.75) is 0 Å². The van der Waals surface area contributed by atoms with Crippen LogP contribution in [0.1, 0.15) is 13.7 Å². The molecule has 0 radical (unpaired) electrons. The summed E-state index contributed by atoms with van der Waals surface area (Å²) in [6.45, 7) is 0. The zero-order valence-corrected chi connectivity index (χ0v) is 32.2. The molecule has 0 aliphatic heterocycles. The zero-order valence-electron chi connectivity index (χ0n) is 42.2. The van der Waals surface area contributed by atoms with Gasteiger partial charge in [0, 0.05) is 34.1 Å². The van der Waals surface area contributed by atoms with Crippen molar-refractivity contribution in [2.75, 3.05) is 9.80 Å². The molecule has 282 valence electrons. The lowest BCUT2D eigenvalue weighted by atomic mass is 9.83. The van der Waals surface area contributed by atoms with Gasteiger partial charge in [-0.05, 0) is 138 Å². The van der Waals surface area contributed by atoms with E-state index in [4.69, 9.17) is 8.22 Å². The van der Waals surface area contributed by atoms with E-state index in [0.29, 0.717) is 22.7 Å². The maximum absolute atomic E-state index is 9.19. The van der Waals surface area contributed by atoms with Gasteiger partial charge in [0.25, 0.3) is 0 Å². The molecular weight excluding hydrogens is 725 g/mol. The molecule has 11 aromatic carbocycles. The molecule has 0 aromatic heterocycles. The highest BCUT2D eigenvalue weighted by Crippen LogP contribution is 2.50. The minimum Gasteiger partial charge on any atom is -0.310 e. The van der Waals surface area contributed by atoms with Gasteiger partial charge in [0.15, 0.2) is 0 Å². The van der Waals surface area contributed by atoms with Gasteiger partial charge in [-0.15, -0.1) is 0 Å². The molecule has 0 aliphatic rings. The van der Waals surface area contributed by atoms with Crippen LogP contribution < -0.4 is 9.80 Å². The number of nitrogens with zero attached hydrogens (tertiary/aromatic N) is 2. The largest absolute Gasteiger partial charge is 0.310 e. The van der Waals surface area contributed by atoms with E-state index in [1.54, 1.807) is 9.80 Å². The average molecular weight is 775 g/mol. The van der Waals surface area contributed by atoms with E-state index in [1.165, 1.54) is 0 Å². The van der Waals surface area contributed by atoms with E-state index in [0.717, 1.165) is 65.3 Å². The SMILES string of the molecule is [2H]c1c([2H])c([2H])c(N(c2ccccc2)c2ccc3c(-c4cccc5ccccc45)c4cc(N(c5ccccc5)c5c([2H])c([2H])c([2H])c([2H])c5[2H])ccc4c(-c4cccc5ccccc45)c3c2)c([2H])c1[2H]. The summed E-state index contributed by atoms with van der Waals surface area (Å²) in [6, 6.07) is 55.3. The van der Waals surface area contributed by atoms with Gasteiger partial charge in [-0.1, -0.05) is 170 Å². The molecule has 2 nitrogen and oxygen atoms in total. The monoisotopic (exact) mass is 774 g/mol. The van der Waals surface area contributed by atoms with Gasteiger partial charge in [-0.25, -0.2) is 0 Å². The second-order valence-corrected chi connectivity index (χ2v) is 14.6. The molecule has 2 heteroatoms. The number of benzene rings is 11. The van der Waals surface area contributed by atoms with Gasteiger partial charge in [-0.3, -0.25) is 0 Å². The zero-order chi connectivity index (χ0) is 48.5. The Kier molecular flexibility index (Phi) is 6.58. The first-order valence-corrected chi connectivity index (χ1v) is 19.8. The van der Waals surface area contributed by atoms with Gasteiger partial charge in [0.2, 0.25) is 0 Å². The summed E-state index contributed by atoms with van der Waals surface area (Å²) in [4.78, 5) is 3.46. The lowest BCUT2D eigenvalue weighted by molar-refractivity contribution is 1.29. The van der Waals surface area contributed by atoms with E-state index in [9.17, 15) is 5.48 Å². The lowest BCUT2D eigenvalue weighted by Gasteiger charge is -2.28. The Bertz CT molecular complexity index is 3600. The molecule has 0 N–H and O–H groups in total.